The van der Waals surface area contributed by atoms with Gasteiger partial charge >= 0.3 is 0 Å². The average Bonchev–Trinajstić information content (AvgIpc) is 2.41. The van der Waals surface area contributed by atoms with E-state index >= 15 is 0 Å². The van der Waals surface area contributed by atoms with Crippen LogP contribution in [-0.2, 0) is 4.79 Å². The van der Waals surface area contributed by atoms with Crippen molar-refractivity contribution in [3.63, 3.8) is 0 Å². The van der Waals surface area contributed by atoms with Crippen molar-refractivity contribution >= 4 is 12.0 Å². The first kappa shape index (κ1) is 18.0. The van der Waals surface area contributed by atoms with E-state index in [1.165, 1.54) is 0 Å². The molecular weight excluding hydrogens is 262 g/mol. The molecule has 0 spiro atoms. The first-order chi connectivity index (χ1) is 9.66. The summed E-state index contributed by atoms with van der Waals surface area (Å²) in [6.07, 6.45) is 4.27. The molecule has 0 rings (SSSR count). The van der Waals surface area contributed by atoms with E-state index in [0.717, 1.165) is 38.5 Å². The molecule has 0 radical (unpaired) electrons. The lowest BCUT2D eigenvalue weighted by Gasteiger charge is -2.07. The van der Waals surface area contributed by atoms with E-state index in [1.807, 2.05) is 0 Å². The van der Waals surface area contributed by atoms with Crippen LogP contribution in [0.15, 0.2) is 5.11 Å². The molecule has 114 valence electrons. The predicted octanol–water partition coefficient (Wildman–Crippen LogP) is 0.317. The Balaban J connectivity index is 3.24. The summed E-state index contributed by atoms with van der Waals surface area (Å²) in [6.45, 7) is 1.56. The molecule has 0 aliphatic carbocycles. The zero-order chi connectivity index (χ0) is 15.1. The van der Waals surface area contributed by atoms with Gasteiger partial charge in [-0.15, -0.1) is 0 Å². The Hall–Kier alpha value is -1.95. The van der Waals surface area contributed by atoms with E-state index in [-0.39, 0.29) is 5.91 Å². The van der Waals surface area contributed by atoms with Crippen molar-refractivity contribution in [3.05, 3.63) is 0 Å². The smallest absolute Gasteiger partial charge is 0.219 e. The Bertz CT molecular complexity index is 329. The molecule has 8 nitrogen and oxygen atoms in total. The molecule has 0 atom stereocenters. The van der Waals surface area contributed by atoms with E-state index in [4.69, 9.17) is 5.53 Å². The van der Waals surface area contributed by atoms with E-state index < -0.39 is 6.09 Å². The molecule has 0 unspecified atom stereocenters. The minimum absolute atomic E-state index is 0.0416. The fourth-order valence-corrected chi connectivity index (χ4v) is 1.63. The summed E-state index contributed by atoms with van der Waals surface area (Å²) in [6, 6.07) is 0. The number of carboxylic acid groups (broad SMARTS) is 1. The molecule has 2 amide bonds. The number of carbonyl (C=O) groups excluding carboxylic acids is 2. The summed E-state index contributed by atoms with van der Waals surface area (Å²) in [7, 11) is 0. The minimum atomic E-state index is -1.25. The van der Waals surface area contributed by atoms with Crippen LogP contribution in [0.2, 0.25) is 0 Å². The number of unbranched alkanes of at least 4 members (excludes halogenated alkanes) is 4. The zero-order valence-electron chi connectivity index (χ0n) is 11.7. The fraction of sp³-hybridized carbons (Fsp3) is 0.833. The molecule has 0 aliphatic heterocycles. The number of rotatable bonds is 12. The molecule has 0 aromatic heterocycles. The largest absolute Gasteiger partial charge is 0.530 e. The summed E-state index contributed by atoms with van der Waals surface area (Å²) in [5.41, 5.74) is 6.47. The Kier molecular flexibility index (Phi) is 12.2. The number of amides is 2. The summed E-state index contributed by atoms with van der Waals surface area (Å²) in [5.74, 6) is 0.0416. The van der Waals surface area contributed by atoms with Gasteiger partial charge in [-0.2, -0.15) is 0 Å². The normalized spacial score (nSPS) is 9.60. The minimum Gasteiger partial charge on any atom is -0.530 e. The third kappa shape index (κ3) is 14.1. The van der Waals surface area contributed by atoms with Gasteiger partial charge in [0.25, 0.3) is 0 Å². The number of hydrogen-bond acceptors (Lipinski definition) is 5. The summed E-state index contributed by atoms with van der Waals surface area (Å²) < 4.78 is 0. The van der Waals surface area contributed by atoms with Crippen LogP contribution in [0.5, 0.6) is 0 Å². The highest BCUT2D eigenvalue weighted by Gasteiger charge is 2.00. The van der Waals surface area contributed by atoms with Gasteiger partial charge in [0.1, 0.15) is 23.3 Å². The molecule has 0 aromatic carbocycles. The lowest BCUT2D eigenvalue weighted by atomic mass is 10.2. The third-order valence-corrected chi connectivity index (χ3v) is 2.68. The highest BCUT2D eigenvalue weighted by atomic mass is 16.4. The van der Waals surface area contributed by atoms with Crippen LogP contribution in [0.4, 0.5) is 4.79 Å². The van der Waals surface area contributed by atoms with E-state index in [1.54, 1.807) is 0 Å². The number of nitrogens with zero attached hydrogens (tertiary/aromatic N) is 2. The molecule has 3 N–H and O–H groups in total. The maximum absolute atomic E-state index is 11.4. The summed E-state index contributed by atoms with van der Waals surface area (Å²) in [4.78, 5) is 24.4. The van der Waals surface area contributed by atoms with Crippen molar-refractivity contribution in [3.8, 4) is 0 Å². The van der Waals surface area contributed by atoms with Crippen molar-refractivity contribution in [2.75, 3.05) is 19.6 Å². The van der Waals surface area contributed by atoms with Gasteiger partial charge in [0.15, 0.2) is 0 Å². The topological polar surface area (TPSA) is 132 Å². The monoisotopic (exact) mass is 285 g/mol. The molecule has 0 bridgehead atoms. The molecule has 0 saturated heterocycles. The number of hydrogen-bond donors (Lipinski definition) is 3. The van der Waals surface area contributed by atoms with Crippen LogP contribution >= 0.6 is 0 Å². The van der Waals surface area contributed by atoms with E-state index in [2.05, 4.69) is 20.7 Å². The molecule has 0 fully saturated rings. The van der Waals surface area contributed by atoms with Gasteiger partial charge in [0, 0.05) is 19.5 Å². The molecular formula is C12H23N5O3. The van der Waals surface area contributed by atoms with Crippen LogP contribution in [0.25, 0.3) is 0 Å². The molecule has 0 heterocycles. The van der Waals surface area contributed by atoms with Gasteiger partial charge < -0.3 is 20.5 Å². The van der Waals surface area contributed by atoms with Crippen LogP contribution in [-0.4, -0.2) is 31.6 Å². The van der Waals surface area contributed by atoms with Gasteiger partial charge in [-0.25, -0.2) is 0 Å². The van der Waals surface area contributed by atoms with Gasteiger partial charge in [-0.1, -0.05) is 6.42 Å². The molecule has 0 saturated carbocycles. The maximum Gasteiger partial charge on any atom is 0.219 e. The highest BCUT2D eigenvalue weighted by Crippen LogP contribution is 2.00. The van der Waals surface area contributed by atoms with Crippen molar-refractivity contribution < 1.29 is 14.7 Å². The standard InChI is InChI=1S/C12H23N5O3/c13-17-16-10-6-1-3-7-11(18)14-8-4-2-5-9-15-12(19)20/h13,15H,1-10H2,(H-,14,18,19,20). The Morgan fingerprint density at radius 1 is 1.00 bits per heavy atom. The lowest BCUT2D eigenvalue weighted by Crippen LogP contribution is -2.36. The Morgan fingerprint density at radius 2 is 1.65 bits per heavy atom. The lowest BCUT2D eigenvalue weighted by molar-refractivity contribution is -0.250. The second kappa shape index (κ2) is 13.5. The average molecular weight is 285 g/mol. The van der Waals surface area contributed by atoms with Gasteiger partial charge in [0.05, 0.1) is 0 Å². The van der Waals surface area contributed by atoms with Crippen molar-refractivity contribution in [2.45, 2.75) is 44.9 Å². The molecule has 0 aromatic rings. The van der Waals surface area contributed by atoms with Crippen molar-refractivity contribution in [1.29, 1.82) is 5.53 Å². The van der Waals surface area contributed by atoms with Gasteiger partial charge in [0.2, 0.25) is 10.8 Å². The number of nitrogens with one attached hydrogen (secondary N) is 3. The van der Waals surface area contributed by atoms with Crippen LogP contribution in [0.1, 0.15) is 44.9 Å². The highest BCUT2D eigenvalue weighted by molar-refractivity contribution is 5.75. The third-order valence-electron chi connectivity index (χ3n) is 2.68. The summed E-state index contributed by atoms with van der Waals surface area (Å²) >= 11 is 0. The molecule has 8 heteroatoms. The molecule has 20 heavy (non-hydrogen) atoms. The first-order valence-corrected chi connectivity index (χ1v) is 6.91. The van der Waals surface area contributed by atoms with Crippen molar-refractivity contribution in [1.82, 2.24) is 15.5 Å². The second-order valence-electron chi connectivity index (χ2n) is 4.40. The molecule has 0 aliphatic rings. The van der Waals surface area contributed by atoms with E-state index in [0.29, 0.717) is 26.1 Å². The second-order valence-corrected chi connectivity index (χ2v) is 4.40. The predicted molar refractivity (Wildman–Crippen MR) is 70.9 cm³/mol. The zero-order valence-corrected chi connectivity index (χ0v) is 11.7. The maximum atomic E-state index is 11.4. The quantitative estimate of drug-likeness (QED) is 0.271. The van der Waals surface area contributed by atoms with Gasteiger partial charge in [-0.05, 0) is 32.1 Å². The van der Waals surface area contributed by atoms with Crippen LogP contribution < -0.4 is 20.7 Å². The Morgan fingerprint density at radius 3 is 2.30 bits per heavy atom. The summed E-state index contributed by atoms with van der Waals surface area (Å²) in [5, 5.41) is 18.6. The van der Waals surface area contributed by atoms with Crippen molar-refractivity contribution in [2.24, 2.45) is 5.11 Å². The number of carbonyl (C=O) groups is 2. The van der Waals surface area contributed by atoms with Gasteiger partial charge in [-0.3, -0.25) is 4.79 Å². The van der Waals surface area contributed by atoms with Crippen LogP contribution in [0.3, 0.4) is 0 Å². The first-order valence-electron chi connectivity index (χ1n) is 6.91. The van der Waals surface area contributed by atoms with E-state index in [9.17, 15) is 14.7 Å². The Labute approximate surface area is 118 Å². The SMILES string of the molecule is N=[N+]=NCCCCCC(=O)NCCCCCNC(=O)[O-]. The van der Waals surface area contributed by atoms with Crippen LogP contribution in [0, 0.1) is 5.53 Å². The fourth-order valence-electron chi connectivity index (χ4n) is 1.63.